The van der Waals surface area contributed by atoms with Crippen LogP contribution in [0.1, 0.15) is 39.1 Å². The lowest BCUT2D eigenvalue weighted by Crippen LogP contribution is -2.45. The summed E-state index contributed by atoms with van der Waals surface area (Å²) in [6.45, 7) is 2.07. The van der Waals surface area contributed by atoms with Crippen molar-refractivity contribution in [2.24, 2.45) is 0 Å². The maximum absolute atomic E-state index is 12.9. The number of nitrogens with zero attached hydrogens (tertiary/aromatic N) is 1. The molecule has 0 unspecified atom stereocenters. The molecular weight excluding hydrogens is 466 g/mol. The van der Waals surface area contributed by atoms with E-state index in [0.29, 0.717) is 17.7 Å². The lowest BCUT2D eigenvalue weighted by atomic mass is 10.0. The molecule has 2 amide bonds. The number of carbonyl (C=O) groups excluding carboxylic acids is 2. The fourth-order valence-corrected chi connectivity index (χ4v) is 4.21. The predicted octanol–water partition coefficient (Wildman–Crippen LogP) is 4.78. The number of halogens is 1. The van der Waals surface area contributed by atoms with Crippen molar-refractivity contribution < 1.29 is 9.59 Å². The highest BCUT2D eigenvalue weighted by molar-refractivity contribution is 9.10. The first-order valence-electron chi connectivity index (χ1n) is 10.8. The van der Waals surface area contributed by atoms with Gasteiger partial charge in [-0.05, 0) is 54.8 Å². The number of benzene rings is 3. The maximum Gasteiger partial charge on any atom is 0.253 e. The van der Waals surface area contributed by atoms with Crippen LogP contribution in [0, 0.1) is 0 Å². The molecule has 0 spiro atoms. The van der Waals surface area contributed by atoms with Crippen molar-refractivity contribution in [3.63, 3.8) is 0 Å². The summed E-state index contributed by atoms with van der Waals surface area (Å²) in [6, 6.07) is 25.1. The van der Waals surface area contributed by atoms with Crippen molar-refractivity contribution >= 4 is 33.4 Å². The Balaban J connectivity index is 1.35. The zero-order chi connectivity index (χ0) is 22.3. The number of nitrogens with one attached hydrogen (secondary N) is 2. The van der Waals surface area contributed by atoms with E-state index in [9.17, 15) is 9.59 Å². The summed E-state index contributed by atoms with van der Waals surface area (Å²) in [5.41, 5.74) is 3.35. The Bertz CT molecular complexity index is 1060. The minimum absolute atomic E-state index is 0.0448. The highest BCUT2D eigenvalue weighted by atomic mass is 79.9. The number of piperidine rings is 1. The predicted molar refractivity (Wildman–Crippen MR) is 131 cm³/mol. The summed E-state index contributed by atoms with van der Waals surface area (Å²) >= 11 is 3.39. The zero-order valence-electron chi connectivity index (χ0n) is 17.8. The second-order valence-electron chi connectivity index (χ2n) is 7.93. The Morgan fingerprint density at radius 1 is 0.844 bits per heavy atom. The molecule has 1 saturated heterocycles. The Morgan fingerprint density at radius 3 is 2.22 bits per heavy atom. The van der Waals surface area contributed by atoms with Crippen molar-refractivity contribution in [1.82, 2.24) is 10.6 Å². The molecule has 3 aromatic carbocycles. The zero-order valence-corrected chi connectivity index (χ0v) is 19.3. The van der Waals surface area contributed by atoms with Gasteiger partial charge in [0.1, 0.15) is 0 Å². The van der Waals surface area contributed by atoms with E-state index in [2.05, 4.69) is 31.5 Å². The van der Waals surface area contributed by atoms with Gasteiger partial charge in [0.2, 0.25) is 0 Å². The summed E-state index contributed by atoms with van der Waals surface area (Å²) in [7, 11) is 0. The van der Waals surface area contributed by atoms with E-state index in [1.54, 1.807) is 0 Å². The Kier molecular flexibility index (Phi) is 7.22. The number of carbonyl (C=O) groups is 2. The van der Waals surface area contributed by atoms with Crippen LogP contribution in [0.25, 0.3) is 0 Å². The SMILES string of the molecule is O=C(NC1CCN(c2ccccc2C(=O)NCc2ccccc2)CC1)c1ccc(Br)cc1. The van der Waals surface area contributed by atoms with Crippen LogP contribution in [0.5, 0.6) is 0 Å². The molecule has 6 heteroatoms. The first kappa shape index (κ1) is 22.1. The lowest BCUT2D eigenvalue weighted by Gasteiger charge is -2.35. The van der Waals surface area contributed by atoms with E-state index in [4.69, 9.17) is 0 Å². The molecule has 164 valence electrons. The van der Waals surface area contributed by atoms with Gasteiger partial charge in [0.05, 0.1) is 5.56 Å². The van der Waals surface area contributed by atoms with Crippen molar-refractivity contribution in [1.29, 1.82) is 0 Å². The minimum atomic E-state index is -0.0740. The van der Waals surface area contributed by atoms with Crippen molar-refractivity contribution in [3.8, 4) is 0 Å². The number of hydrogen-bond acceptors (Lipinski definition) is 3. The van der Waals surface area contributed by atoms with Gasteiger partial charge in [-0.3, -0.25) is 9.59 Å². The second-order valence-corrected chi connectivity index (χ2v) is 8.84. The van der Waals surface area contributed by atoms with Crippen LogP contribution in [-0.2, 0) is 6.54 Å². The van der Waals surface area contributed by atoms with Gasteiger partial charge in [0.15, 0.2) is 0 Å². The molecule has 0 bridgehead atoms. The third-order valence-corrected chi connectivity index (χ3v) is 6.25. The molecule has 1 fully saturated rings. The maximum atomic E-state index is 12.9. The summed E-state index contributed by atoms with van der Waals surface area (Å²) in [6.07, 6.45) is 1.67. The molecule has 4 rings (SSSR count). The lowest BCUT2D eigenvalue weighted by molar-refractivity contribution is 0.0929. The van der Waals surface area contributed by atoms with E-state index in [1.807, 2.05) is 78.9 Å². The number of para-hydroxylation sites is 1. The van der Waals surface area contributed by atoms with Crippen molar-refractivity contribution in [3.05, 3.63) is 100 Å². The smallest absolute Gasteiger partial charge is 0.253 e. The first-order valence-corrected chi connectivity index (χ1v) is 11.6. The van der Waals surface area contributed by atoms with E-state index in [0.717, 1.165) is 41.7 Å². The fourth-order valence-electron chi connectivity index (χ4n) is 3.95. The molecule has 5 nitrogen and oxygen atoms in total. The normalized spacial score (nSPS) is 14.1. The number of anilines is 1. The van der Waals surface area contributed by atoms with E-state index in [1.165, 1.54) is 0 Å². The third-order valence-electron chi connectivity index (χ3n) is 5.72. The average Bonchev–Trinajstić information content (AvgIpc) is 2.84. The van der Waals surface area contributed by atoms with Gasteiger partial charge in [-0.15, -0.1) is 0 Å². The monoisotopic (exact) mass is 491 g/mol. The van der Waals surface area contributed by atoms with Gasteiger partial charge >= 0.3 is 0 Å². The first-order chi connectivity index (χ1) is 15.6. The molecule has 1 aliphatic heterocycles. The molecule has 32 heavy (non-hydrogen) atoms. The average molecular weight is 492 g/mol. The number of amides is 2. The standard InChI is InChI=1S/C26H26BrN3O2/c27-21-12-10-20(11-13-21)25(31)29-22-14-16-30(17-15-22)24-9-5-4-8-23(24)26(32)28-18-19-6-2-1-3-7-19/h1-13,22H,14-18H2,(H,28,32)(H,29,31). The van der Waals surface area contributed by atoms with E-state index < -0.39 is 0 Å². The molecule has 0 radical (unpaired) electrons. The van der Waals surface area contributed by atoms with Crippen LogP contribution in [0.3, 0.4) is 0 Å². The van der Waals surface area contributed by atoms with Crippen LogP contribution in [0.4, 0.5) is 5.69 Å². The minimum Gasteiger partial charge on any atom is -0.371 e. The molecule has 0 atom stereocenters. The summed E-state index contributed by atoms with van der Waals surface area (Å²) in [4.78, 5) is 27.6. The Hall–Kier alpha value is -3.12. The van der Waals surface area contributed by atoms with Crippen molar-refractivity contribution in [2.45, 2.75) is 25.4 Å². The molecular formula is C26H26BrN3O2. The van der Waals surface area contributed by atoms with Crippen LogP contribution < -0.4 is 15.5 Å². The quantitative estimate of drug-likeness (QED) is 0.521. The summed E-state index contributed by atoms with van der Waals surface area (Å²) in [5, 5.41) is 6.17. The fraction of sp³-hybridized carbons (Fsp3) is 0.231. The summed E-state index contributed by atoms with van der Waals surface area (Å²) < 4.78 is 0.953. The number of rotatable bonds is 6. The van der Waals surface area contributed by atoms with Crippen LogP contribution in [0.2, 0.25) is 0 Å². The molecule has 0 aromatic heterocycles. The second kappa shape index (κ2) is 10.5. The Morgan fingerprint density at radius 2 is 1.50 bits per heavy atom. The Labute approximate surface area is 197 Å². The molecule has 1 heterocycles. The molecule has 0 saturated carbocycles. The van der Waals surface area contributed by atoms with Crippen LogP contribution in [-0.4, -0.2) is 30.9 Å². The van der Waals surface area contributed by atoms with E-state index >= 15 is 0 Å². The third kappa shape index (κ3) is 5.56. The largest absolute Gasteiger partial charge is 0.371 e. The highest BCUT2D eigenvalue weighted by Crippen LogP contribution is 2.24. The highest BCUT2D eigenvalue weighted by Gasteiger charge is 2.24. The van der Waals surface area contributed by atoms with Gasteiger partial charge < -0.3 is 15.5 Å². The van der Waals surface area contributed by atoms with Crippen molar-refractivity contribution in [2.75, 3.05) is 18.0 Å². The summed E-state index contributed by atoms with van der Waals surface area (Å²) in [5.74, 6) is -0.119. The number of hydrogen-bond donors (Lipinski definition) is 2. The van der Waals surface area contributed by atoms with Gasteiger partial charge in [0, 0.05) is 41.4 Å². The topological polar surface area (TPSA) is 61.4 Å². The van der Waals surface area contributed by atoms with Gasteiger partial charge in [-0.25, -0.2) is 0 Å². The van der Waals surface area contributed by atoms with Gasteiger partial charge in [-0.2, -0.15) is 0 Å². The van der Waals surface area contributed by atoms with Crippen LogP contribution >= 0.6 is 15.9 Å². The molecule has 0 aliphatic carbocycles. The van der Waals surface area contributed by atoms with Gasteiger partial charge in [-0.1, -0.05) is 58.4 Å². The molecule has 1 aliphatic rings. The van der Waals surface area contributed by atoms with E-state index in [-0.39, 0.29) is 17.9 Å². The van der Waals surface area contributed by atoms with Crippen LogP contribution in [0.15, 0.2) is 83.3 Å². The molecule has 2 N–H and O–H groups in total. The van der Waals surface area contributed by atoms with Gasteiger partial charge in [0.25, 0.3) is 11.8 Å². The molecule has 3 aromatic rings.